The Morgan fingerprint density at radius 1 is 1.25 bits per heavy atom. The third kappa shape index (κ3) is 2.91. The predicted molar refractivity (Wildman–Crippen MR) is 90.6 cm³/mol. The van der Waals surface area contributed by atoms with Gasteiger partial charge in [-0.1, -0.05) is 17.7 Å². The van der Waals surface area contributed by atoms with Crippen LogP contribution in [0.15, 0.2) is 18.2 Å². The van der Waals surface area contributed by atoms with Crippen molar-refractivity contribution >= 4 is 35.0 Å². The fourth-order valence-electron chi connectivity index (χ4n) is 3.49. The highest BCUT2D eigenvalue weighted by Gasteiger charge is 2.44. The molecule has 0 spiro atoms. The number of carbonyl (C=O) groups excluding carboxylic acids is 3. The van der Waals surface area contributed by atoms with E-state index in [1.165, 1.54) is 4.90 Å². The van der Waals surface area contributed by atoms with Crippen LogP contribution in [0.4, 0.5) is 5.69 Å². The van der Waals surface area contributed by atoms with E-state index < -0.39 is 6.04 Å². The SMILES string of the molecule is Cc1c(Cl)cccc1N1C(=O)C[C@H](N2CCC(C(N)=O)CC2)C1=O. The van der Waals surface area contributed by atoms with Crippen molar-refractivity contribution in [3.63, 3.8) is 0 Å². The summed E-state index contributed by atoms with van der Waals surface area (Å²) in [7, 11) is 0. The molecule has 2 N–H and O–H groups in total. The molecule has 6 nitrogen and oxygen atoms in total. The van der Waals surface area contributed by atoms with E-state index in [1.807, 2.05) is 4.90 Å². The Morgan fingerprint density at radius 3 is 2.54 bits per heavy atom. The van der Waals surface area contributed by atoms with Crippen molar-refractivity contribution in [3.05, 3.63) is 28.8 Å². The van der Waals surface area contributed by atoms with E-state index >= 15 is 0 Å². The summed E-state index contributed by atoms with van der Waals surface area (Å²) in [4.78, 5) is 39.8. The summed E-state index contributed by atoms with van der Waals surface area (Å²) in [5.74, 6) is -0.866. The monoisotopic (exact) mass is 349 g/mol. The Hall–Kier alpha value is -1.92. The smallest absolute Gasteiger partial charge is 0.251 e. The molecule has 2 aliphatic heterocycles. The number of primary amides is 1. The second-order valence-corrected chi connectivity index (χ2v) is 6.79. The summed E-state index contributed by atoms with van der Waals surface area (Å²) in [5.41, 5.74) is 6.61. The van der Waals surface area contributed by atoms with Crippen LogP contribution < -0.4 is 10.6 Å². The van der Waals surface area contributed by atoms with Gasteiger partial charge in [0.25, 0.3) is 5.91 Å². The van der Waals surface area contributed by atoms with Crippen molar-refractivity contribution < 1.29 is 14.4 Å². The minimum atomic E-state index is -0.468. The molecule has 2 fully saturated rings. The minimum absolute atomic E-state index is 0.139. The number of nitrogens with two attached hydrogens (primary N) is 1. The summed E-state index contributed by atoms with van der Waals surface area (Å²) < 4.78 is 0. The van der Waals surface area contributed by atoms with Crippen molar-refractivity contribution in [2.24, 2.45) is 11.7 Å². The van der Waals surface area contributed by atoms with E-state index in [1.54, 1.807) is 25.1 Å². The van der Waals surface area contributed by atoms with E-state index in [9.17, 15) is 14.4 Å². The molecule has 0 radical (unpaired) electrons. The topological polar surface area (TPSA) is 83.7 Å². The zero-order chi connectivity index (χ0) is 17.4. The fraction of sp³-hybridized carbons (Fsp3) is 0.471. The molecule has 1 aromatic carbocycles. The number of hydrogen-bond donors (Lipinski definition) is 1. The number of amides is 3. The molecule has 3 rings (SSSR count). The van der Waals surface area contributed by atoms with Gasteiger partial charge in [-0.05, 0) is 50.6 Å². The maximum Gasteiger partial charge on any atom is 0.251 e. The van der Waals surface area contributed by atoms with Crippen LogP contribution in [0, 0.1) is 12.8 Å². The second kappa shape index (κ2) is 6.53. The van der Waals surface area contributed by atoms with Gasteiger partial charge in [-0.3, -0.25) is 19.3 Å². The van der Waals surface area contributed by atoms with Crippen LogP contribution in [0.1, 0.15) is 24.8 Å². The third-order valence-corrected chi connectivity index (χ3v) is 5.38. The first-order valence-corrected chi connectivity index (χ1v) is 8.43. The van der Waals surface area contributed by atoms with Gasteiger partial charge in [0, 0.05) is 10.9 Å². The molecule has 1 aromatic rings. The van der Waals surface area contributed by atoms with E-state index in [4.69, 9.17) is 17.3 Å². The van der Waals surface area contributed by atoms with Crippen LogP contribution in [0.5, 0.6) is 0 Å². The first kappa shape index (κ1) is 16.9. The molecule has 3 amide bonds. The Balaban J connectivity index is 1.78. The highest BCUT2D eigenvalue weighted by Crippen LogP contribution is 2.32. The first-order valence-electron chi connectivity index (χ1n) is 8.05. The highest BCUT2D eigenvalue weighted by molar-refractivity contribution is 6.32. The van der Waals surface area contributed by atoms with Gasteiger partial charge in [-0.15, -0.1) is 0 Å². The van der Waals surface area contributed by atoms with Gasteiger partial charge in [-0.25, -0.2) is 4.90 Å². The molecule has 1 atom stereocenters. The van der Waals surface area contributed by atoms with Gasteiger partial charge in [0.05, 0.1) is 18.2 Å². The Labute approximate surface area is 145 Å². The Morgan fingerprint density at radius 2 is 1.92 bits per heavy atom. The number of halogens is 1. The maximum absolute atomic E-state index is 12.8. The van der Waals surface area contributed by atoms with Gasteiger partial charge in [0.2, 0.25) is 11.8 Å². The van der Waals surface area contributed by atoms with Crippen molar-refractivity contribution in [2.75, 3.05) is 18.0 Å². The lowest BCUT2D eigenvalue weighted by Crippen LogP contribution is -2.47. The molecule has 24 heavy (non-hydrogen) atoms. The van der Waals surface area contributed by atoms with Crippen LogP contribution in [0.2, 0.25) is 5.02 Å². The van der Waals surface area contributed by atoms with Crippen LogP contribution in [-0.4, -0.2) is 41.8 Å². The largest absolute Gasteiger partial charge is 0.369 e. The molecule has 2 aliphatic rings. The number of rotatable bonds is 3. The van der Waals surface area contributed by atoms with Crippen molar-refractivity contribution in [2.45, 2.75) is 32.2 Å². The zero-order valence-electron chi connectivity index (χ0n) is 13.5. The maximum atomic E-state index is 12.8. The lowest BCUT2D eigenvalue weighted by atomic mass is 9.95. The number of benzene rings is 1. The van der Waals surface area contributed by atoms with E-state index in [0.717, 1.165) is 0 Å². The highest BCUT2D eigenvalue weighted by atomic mass is 35.5. The molecule has 128 valence electrons. The lowest BCUT2D eigenvalue weighted by Gasteiger charge is -2.33. The van der Waals surface area contributed by atoms with Gasteiger partial charge in [0.1, 0.15) is 0 Å². The molecule has 0 aromatic heterocycles. The van der Waals surface area contributed by atoms with Crippen LogP contribution in [0.25, 0.3) is 0 Å². The van der Waals surface area contributed by atoms with Crippen LogP contribution in [-0.2, 0) is 14.4 Å². The average molecular weight is 350 g/mol. The predicted octanol–water partition coefficient (Wildman–Crippen LogP) is 1.48. The second-order valence-electron chi connectivity index (χ2n) is 6.38. The summed E-state index contributed by atoms with van der Waals surface area (Å²) in [5, 5.41) is 0.527. The minimum Gasteiger partial charge on any atom is -0.369 e. The number of nitrogens with zero attached hydrogens (tertiary/aromatic N) is 2. The van der Waals surface area contributed by atoms with Crippen LogP contribution in [0.3, 0.4) is 0 Å². The number of anilines is 1. The average Bonchev–Trinajstić information content (AvgIpc) is 2.85. The Bertz CT molecular complexity index is 698. The van der Waals surface area contributed by atoms with Crippen molar-refractivity contribution in [3.8, 4) is 0 Å². The van der Waals surface area contributed by atoms with Gasteiger partial charge in [-0.2, -0.15) is 0 Å². The number of carbonyl (C=O) groups is 3. The number of likely N-dealkylation sites (tertiary alicyclic amines) is 1. The normalized spacial score (nSPS) is 23.1. The molecule has 2 saturated heterocycles. The zero-order valence-corrected chi connectivity index (χ0v) is 14.3. The standard InChI is InChI=1S/C17H20ClN3O3/c1-10-12(18)3-2-4-13(10)21-15(22)9-14(17(21)24)20-7-5-11(6-8-20)16(19)23/h2-4,11,14H,5-9H2,1H3,(H2,19,23)/t14-/m0/s1. The van der Waals surface area contributed by atoms with E-state index in [0.29, 0.717) is 42.2 Å². The molecule has 0 aliphatic carbocycles. The van der Waals surface area contributed by atoms with Gasteiger partial charge in [0.15, 0.2) is 0 Å². The fourth-order valence-corrected chi connectivity index (χ4v) is 3.66. The lowest BCUT2D eigenvalue weighted by molar-refractivity contribution is -0.124. The third-order valence-electron chi connectivity index (χ3n) is 4.98. The molecule has 0 unspecified atom stereocenters. The quantitative estimate of drug-likeness (QED) is 0.838. The molecule has 0 bridgehead atoms. The van der Waals surface area contributed by atoms with Crippen LogP contribution >= 0.6 is 11.6 Å². The van der Waals surface area contributed by atoms with Crippen molar-refractivity contribution in [1.82, 2.24) is 4.90 Å². The molecular formula is C17H20ClN3O3. The number of hydrogen-bond acceptors (Lipinski definition) is 4. The summed E-state index contributed by atoms with van der Waals surface area (Å²) in [6, 6.07) is 4.73. The van der Waals surface area contributed by atoms with Gasteiger partial charge < -0.3 is 5.73 Å². The molecule has 2 heterocycles. The summed E-state index contributed by atoms with van der Waals surface area (Å²) in [6.45, 7) is 2.99. The van der Waals surface area contributed by atoms with E-state index in [2.05, 4.69) is 0 Å². The molecule has 0 saturated carbocycles. The first-order chi connectivity index (χ1) is 11.4. The van der Waals surface area contributed by atoms with Gasteiger partial charge >= 0.3 is 0 Å². The molecular weight excluding hydrogens is 330 g/mol. The van der Waals surface area contributed by atoms with Crippen molar-refractivity contribution in [1.29, 1.82) is 0 Å². The number of imide groups is 1. The summed E-state index contributed by atoms with van der Waals surface area (Å²) >= 11 is 6.11. The molecule has 7 heteroatoms. The number of piperidine rings is 1. The summed E-state index contributed by atoms with van der Waals surface area (Å²) in [6.07, 6.45) is 1.42. The Kier molecular flexibility index (Phi) is 4.60. The van der Waals surface area contributed by atoms with E-state index in [-0.39, 0.29) is 30.1 Å².